The van der Waals surface area contributed by atoms with Gasteiger partial charge in [-0.25, -0.2) is 0 Å². The Hall–Kier alpha value is -1.92. The summed E-state index contributed by atoms with van der Waals surface area (Å²) in [6.45, 7) is 3.28. The second-order valence-electron chi connectivity index (χ2n) is 8.17. The minimum atomic E-state index is -0.266. The summed E-state index contributed by atoms with van der Waals surface area (Å²) in [6, 6.07) is 9.90. The predicted octanol–water partition coefficient (Wildman–Crippen LogP) is 2.01. The summed E-state index contributed by atoms with van der Waals surface area (Å²) >= 11 is 0. The van der Waals surface area contributed by atoms with Crippen molar-refractivity contribution in [3.05, 3.63) is 35.9 Å². The highest BCUT2D eigenvalue weighted by Gasteiger charge is 2.27. The van der Waals surface area contributed by atoms with Crippen LogP contribution in [0.1, 0.15) is 50.1 Å². The molecule has 1 aliphatic carbocycles. The average Bonchev–Trinajstić information content (AvgIpc) is 2.74. The van der Waals surface area contributed by atoms with Gasteiger partial charge in [-0.15, -0.1) is 0 Å². The first-order chi connectivity index (χ1) is 13.5. The number of amides is 2. The van der Waals surface area contributed by atoms with Crippen LogP contribution in [-0.2, 0) is 9.59 Å². The molecule has 1 saturated heterocycles. The van der Waals surface area contributed by atoms with E-state index in [0.717, 1.165) is 31.5 Å². The first-order valence-electron chi connectivity index (χ1n) is 10.6. The van der Waals surface area contributed by atoms with Crippen LogP contribution in [0.2, 0.25) is 0 Å². The van der Waals surface area contributed by atoms with E-state index in [4.69, 9.17) is 5.73 Å². The topological polar surface area (TPSA) is 69.9 Å². The molecule has 6 heteroatoms. The highest BCUT2D eigenvalue weighted by molar-refractivity contribution is 5.79. The number of piperazine rings is 1. The standard InChI is InChI=1S/C22H34N4O2/c1-24(19-10-6-3-7-11-19)22(28)17-25-12-14-26(15-13-25)21(27)16-20(23)18-8-4-2-5-9-18/h2,4-5,8-9,19-20H,3,6-7,10-17,23H2,1H3. The van der Waals surface area contributed by atoms with Gasteiger partial charge < -0.3 is 15.5 Å². The van der Waals surface area contributed by atoms with Gasteiger partial charge in [0.15, 0.2) is 0 Å². The van der Waals surface area contributed by atoms with E-state index >= 15 is 0 Å². The lowest BCUT2D eigenvalue weighted by Crippen LogP contribution is -2.52. The molecule has 1 aromatic rings. The molecule has 2 N–H and O–H groups in total. The Balaban J connectivity index is 1.41. The number of carbonyl (C=O) groups is 2. The Morgan fingerprint density at radius 1 is 1.07 bits per heavy atom. The highest BCUT2D eigenvalue weighted by Crippen LogP contribution is 2.22. The molecule has 1 saturated carbocycles. The zero-order valence-electron chi connectivity index (χ0n) is 17.1. The van der Waals surface area contributed by atoms with Crippen molar-refractivity contribution in [2.75, 3.05) is 39.8 Å². The van der Waals surface area contributed by atoms with Crippen LogP contribution in [0.25, 0.3) is 0 Å². The van der Waals surface area contributed by atoms with Crippen molar-refractivity contribution in [2.24, 2.45) is 5.73 Å². The van der Waals surface area contributed by atoms with Gasteiger partial charge in [0.1, 0.15) is 0 Å². The third-order valence-electron chi connectivity index (χ3n) is 6.22. The lowest BCUT2D eigenvalue weighted by molar-refractivity contribution is -0.136. The van der Waals surface area contributed by atoms with E-state index in [0.29, 0.717) is 32.1 Å². The van der Waals surface area contributed by atoms with Gasteiger partial charge in [-0.1, -0.05) is 49.6 Å². The Morgan fingerprint density at radius 3 is 2.36 bits per heavy atom. The molecule has 1 aliphatic heterocycles. The maximum absolute atomic E-state index is 12.6. The zero-order valence-corrected chi connectivity index (χ0v) is 17.1. The molecule has 2 aliphatic rings. The van der Waals surface area contributed by atoms with Crippen molar-refractivity contribution < 1.29 is 9.59 Å². The molecule has 154 valence electrons. The van der Waals surface area contributed by atoms with E-state index in [1.807, 2.05) is 47.2 Å². The van der Waals surface area contributed by atoms with Gasteiger partial charge in [0.2, 0.25) is 11.8 Å². The van der Waals surface area contributed by atoms with E-state index in [1.165, 1.54) is 19.3 Å². The SMILES string of the molecule is CN(C(=O)CN1CCN(C(=O)CC(N)c2ccccc2)CC1)C1CCCCC1. The molecule has 2 fully saturated rings. The third kappa shape index (κ3) is 5.55. The number of nitrogens with two attached hydrogens (primary N) is 1. The summed E-state index contributed by atoms with van der Waals surface area (Å²) < 4.78 is 0. The summed E-state index contributed by atoms with van der Waals surface area (Å²) in [5.41, 5.74) is 7.18. The predicted molar refractivity (Wildman–Crippen MR) is 111 cm³/mol. The third-order valence-corrected chi connectivity index (χ3v) is 6.22. The van der Waals surface area contributed by atoms with E-state index in [-0.39, 0.29) is 17.9 Å². The monoisotopic (exact) mass is 386 g/mol. The smallest absolute Gasteiger partial charge is 0.236 e. The maximum Gasteiger partial charge on any atom is 0.236 e. The highest BCUT2D eigenvalue weighted by atomic mass is 16.2. The summed E-state index contributed by atoms with van der Waals surface area (Å²) in [5, 5.41) is 0. The van der Waals surface area contributed by atoms with Gasteiger partial charge in [-0.05, 0) is 18.4 Å². The summed E-state index contributed by atoms with van der Waals surface area (Å²) in [4.78, 5) is 31.2. The average molecular weight is 387 g/mol. The van der Waals surface area contributed by atoms with Crippen molar-refractivity contribution in [1.29, 1.82) is 0 Å². The molecule has 1 unspecified atom stereocenters. The number of nitrogens with zero attached hydrogens (tertiary/aromatic N) is 3. The number of hydrogen-bond donors (Lipinski definition) is 1. The van der Waals surface area contributed by atoms with E-state index in [2.05, 4.69) is 4.90 Å². The fourth-order valence-corrected chi connectivity index (χ4v) is 4.27. The van der Waals surface area contributed by atoms with Gasteiger partial charge in [0.25, 0.3) is 0 Å². The maximum atomic E-state index is 12.6. The second kappa shape index (κ2) is 10.0. The Kier molecular flexibility index (Phi) is 7.45. The van der Waals surface area contributed by atoms with E-state index in [1.54, 1.807) is 0 Å². The molecule has 1 aromatic carbocycles. The Morgan fingerprint density at radius 2 is 1.71 bits per heavy atom. The van der Waals surface area contributed by atoms with Crippen molar-refractivity contribution in [3.63, 3.8) is 0 Å². The molecule has 28 heavy (non-hydrogen) atoms. The fraction of sp³-hybridized carbons (Fsp3) is 0.636. The van der Waals surface area contributed by atoms with Crippen LogP contribution >= 0.6 is 0 Å². The van der Waals surface area contributed by atoms with Gasteiger partial charge in [0.05, 0.1) is 6.54 Å². The Bertz CT molecular complexity index is 637. The van der Waals surface area contributed by atoms with Crippen molar-refractivity contribution in [1.82, 2.24) is 14.7 Å². The van der Waals surface area contributed by atoms with Crippen molar-refractivity contribution >= 4 is 11.8 Å². The van der Waals surface area contributed by atoms with Gasteiger partial charge >= 0.3 is 0 Å². The van der Waals surface area contributed by atoms with Crippen LogP contribution in [0.3, 0.4) is 0 Å². The largest absolute Gasteiger partial charge is 0.342 e. The minimum Gasteiger partial charge on any atom is -0.342 e. The lowest BCUT2D eigenvalue weighted by Gasteiger charge is -2.37. The van der Waals surface area contributed by atoms with Crippen LogP contribution in [0.5, 0.6) is 0 Å². The van der Waals surface area contributed by atoms with E-state index < -0.39 is 0 Å². The van der Waals surface area contributed by atoms with Crippen LogP contribution in [0.4, 0.5) is 0 Å². The van der Waals surface area contributed by atoms with Crippen molar-refractivity contribution in [3.8, 4) is 0 Å². The molecule has 0 spiro atoms. The molecule has 0 aromatic heterocycles. The first kappa shape index (κ1) is 20.8. The van der Waals surface area contributed by atoms with Gasteiger partial charge in [-0.2, -0.15) is 0 Å². The molecule has 1 atom stereocenters. The van der Waals surface area contributed by atoms with Crippen LogP contribution in [0, 0.1) is 0 Å². The number of carbonyl (C=O) groups excluding carboxylic acids is 2. The quantitative estimate of drug-likeness (QED) is 0.812. The van der Waals surface area contributed by atoms with Crippen molar-refractivity contribution in [2.45, 2.75) is 50.6 Å². The summed E-state index contributed by atoms with van der Waals surface area (Å²) in [5.74, 6) is 0.305. The molecule has 0 radical (unpaired) electrons. The molecule has 0 bridgehead atoms. The second-order valence-corrected chi connectivity index (χ2v) is 8.17. The molecule has 6 nitrogen and oxygen atoms in total. The minimum absolute atomic E-state index is 0.0988. The molecule has 2 amide bonds. The molecule has 1 heterocycles. The molecular formula is C22H34N4O2. The van der Waals surface area contributed by atoms with Crippen LogP contribution in [0.15, 0.2) is 30.3 Å². The number of benzene rings is 1. The Labute approximate surface area is 168 Å². The summed E-state index contributed by atoms with van der Waals surface area (Å²) in [6.07, 6.45) is 6.34. The van der Waals surface area contributed by atoms with E-state index in [9.17, 15) is 9.59 Å². The number of hydrogen-bond acceptors (Lipinski definition) is 4. The normalized spacial score (nSPS) is 20.0. The van der Waals surface area contributed by atoms with Gasteiger partial charge in [0, 0.05) is 51.7 Å². The first-order valence-corrected chi connectivity index (χ1v) is 10.6. The van der Waals surface area contributed by atoms with Gasteiger partial charge in [-0.3, -0.25) is 14.5 Å². The zero-order chi connectivity index (χ0) is 19.9. The summed E-state index contributed by atoms with van der Waals surface area (Å²) in [7, 11) is 1.95. The van der Waals surface area contributed by atoms with Crippen LogP contribution < -0.4 is 5.73 Å². The fourth-order valence-electron chi connectivity index (χ4n) is 4.27. The lowest BCUT2D eigenvalue weighted by atomic mass is 9.94. The number of likely N-dealkylation sites (N-methyl/N-ethyl adjacent to an activating group) is 1. The number of rotatable bonds is 6. The van der Waals surface area contributed by atoms with Crippen LogP contribution in [-0.4, -0.2) is 72.3 Å². The molecule has 3 rings (SSSR count). The molecular weight excluding hydrogens is 352 g/mol.